The molecule has 2 rings (SSSR count). The van der Waals surface area contributed by atoms with Gasteiger partial charge in [-0.3, -0.25) is 9.78 Å². The minimum atomic E-state index is 0.0919. The van der Waals surface area contributed by atoms with Crippen molar-refractivity contribution in [1.82, 2.24) is 4.98 Å². The van der Waals surface area contributed by atoms with E-state index in [1.165, 1.54) is 19.3 Å². The van der Waals surface area contributed by atoms with Gasteiger partial charge in [0.05, 0.1) is 5.69 Å². The second-order valence-corrected chi connectivity index (χ2v) is 3.92. The molecule has 0 aliphatic carbocycles. The lowest BCUT2D eigenvalue weighted by Crippen LogP contribution is -2.30. The molecule has 1 saturated heterocycles. The monoisotopic (exact) mass is 203 g/mol. The van der Waals surface area contributed by atoms with E-state index < -0.39 is 0 Å². The Morgan fingerprint density at radius 1 is 1.40 bits per heavy atom. The van der Waals surface area contributed by atoms with Gasteiger partial charge in [0.25, 0.3) is 0 Å². The summed E-state index contributed by atoms with van der Waals surface area (Å²) in [6, 6.07) is 1.78. The van der Waals surface area contributed by atoms with E-state index in [9.17, 15) is 4.79 Å². The molecule has 0 unspecified atom stereocenters. The number of ketones is 1. The third kappa shape index (κ3) is 2.17. The molecule has 3 nitrogen and oxygen atoms in total. The average molecular weight is 203 g/mol. The minimum absolute atomic E-state index is 0.0919. The molecule has 1 fully saturated rings. The van der Waals surface area contributed by atoms with Crippen LogP contribution >= 0.6 is 0 Å². The maximum absolute atomic E-state index is 11.4. The predicted octanol–water partition coefficient (Wildman–Crippen LogP) is 2.07. The molecule has 0 bridgehead atoms. The van der Waals surface area contributed by atoms with Gasteiger partial charge >= 0.3 is 0 Å². The molecule has 0 atom stereocenters. The standard InChI is InChI=1S/C12H15N2O/c1-10(15)11-5-6-13-9-12(11)14-7-3-2-4-8-14/h5-6H,2-4,7-8H2,1H3. The first-order valence-electron chi connectivity index (χ1n) is 5.41. The van der Waals surface area contributed by atoms with Crippen molar-refractivity contribution in [3.05, 3.63) is 24.0 Å². The number of aromatic nitrogens is 1. The summed E-state index contributed by atoms with van der Waals surface area (Å²) in [4.78, 5) is 17.6. The Balaban J connectivity index is 2.29. The first kappa shape index (κ1) is 10.1. The van der Waals surface area contributed by atoms with Crippen LogP contribution in [0.5, 0.6) is 0 Å². The Kier molecular flexibility index (Phi) is 2.99. The topological polar surface area (TPSA) is 33.2 Å². The van der Waals surface area contributed by atoms with Crippen molar-refractivity contribution in [1.29, 1.82) is 0 Å². The van der Waals surface area contributed by atoms with Crippen molar-refractivity contribution in [2.24, 2.45) is 0 Å². The van der Waals surface area contributed by atoms with Gasteiger partial charge in [-0.2, -0.15) is 0 Å². The molecule has 3 heteroatoms. The number of piperidine rings is 1. The molecule has 2 heterocycles. The lowest BCUT2D eigenvalue weighted by Gasteiger charge is -2.29. The highest BCUT2D eigenvalue weighted by Crippen LogP contribution is 2.22. The molecule has 1 aliphatic heterocycles. The maximum Gasteiger partial charge on any atom is 0.162 e. The third-order valence-corrected chi connectivity index (χ3v) is 2.79. The highest BCUT2D eigenvalue weighted by molar-refractivity contribution is 5.99. The lowest BCUT2D eigenvalue weighted by molar-refractivity contribution is 0.101. The van der Waals surface area contributed by atoms with Crippen molar-refractivity contribution >= 4 is 11.5 Å². The molecule has 1 aromatic heterocycles. The van der Waals surface area contributed by atoms with Gasteiger partial charge in [0, 0.05) is 24.8 Å². The van der Waals surface area contributed by atoms with Crippen molar-refractivity contribution in [3.63, 3.8) is 0 Å². The summed E-state index contributed by atoms with van der Waals surface area (Å²) in [7, 11) is 0. The van der Waals surface area contributed by atoms with Gasteiger partial charge in [0.2, 0.25) is 0 Å². The van der Waals surface area contributed by atoms with Crippen LogP contribution in [-0.2, 0) is 0 Å². The van der Waals surface area contributed by atoms with E-state index in [-0.39, 0.29) is 5.78 Å². The second-order valence-electron chi connectivity index (χ2n) is 3.92. The van der Waals surface area contributed by atoms with Gasteiger partial charge in [0.15, 0.2) is 5.78 Å². The van der Waals surface area contributed by atoms with Gasteiger partial charge in [-0.25, -0.2) is 0 Å². The van der Waals surface area contributed by atoms with Gasteiger partial charge in [0.1, 0.15) is 6.20 Å². The van der Waals surface area contributed by atoms with E-state index in [0.717, 1.165) is 24.3 Å². The zero-order valence-corrected chi connectivity index (χ0v) is 8.99. The number of carbonyl (C=O) groups is 1. The molecule has 0 N–H and O–H groups in total. The van der Waals surface area contributed by atoms with Crippen LogP contribution in [0.4, 0.5) is 5.69 Å². The van der Waals surface area contributed by atoms with Crippen LogP contribution in [0.3, 0.4) is 0 Å². The molecule has 0 spiro atoms. The quantitative estimate of drug-likeness (QED) is 0.690. The number of carbonyl (C=O) groups excluding carboxylic acids is 1. The van der Waals surface area contributed by atoms with Crippen LogP contribution in [0.2, 0.25) is 0 Å². The molecule has 1 aromatic rings. The first-order chi connectivity index (χ1) is 7.29. The van der Waals surface area contributed by atoms with Gasteiger partial charge in [-0.05, 0) is 32.3 Å². The Hall–Kier alpha value is -1.38. The Labute approximate surface area is 90.1 Å². The summed E-state index contributed by atoms with van der Waals surface area (Å²) >= 11 is 0. The highest BCUT2D eigenvalue weighted by Gasteiger charge is 2.16. The van der Waals surface area contributed by atoms with E-state index >= 15 is 0 Å². The first-order valence-corrected chi connectivity index (χ1v) is 5.41. The Morgan fingerprint density at radius 3 is 2.80 bits per heavy atom. The summed E-state index contributed by atoms with van der Waals surface area (Å²) in [6.45, 7) is 3.63. The summed E-state index contributed by atoms with van der Waals surface area (Å²) in [5, 5.41) is 0. The number of hydrogen-bond donors (Lipinski definition) is 0. The largest absolute Gasteiger partial charge is 0.369 e. The Morgan fingerprint density at radius 2 is 2.13 bits per heavy atom. The van der Waals surface area contributed by atoms with E-state index in [2.05, 4.69) is 16.1 Å². The van der Waals surface area contributed by atoms with Crippen LogP contribution < -0.4 is 4.90 Å². The molecule has 0 aromatic carbocycles. The normalized spacial score (nSPS) is 16.5. The fourth-order valence-electron chi connectivity index (χ4n) is 1.99. The van der Waals surface area contributed by atoms with Crippen LogP contribution in [0.15, 0.2) is 12.3 Å². The molecule has 1 radical (unpaired) electrons. The Bertz CT molecular complexity index is 356. The number of pyridine rings is 1. The number of hydrogen-bond acceptors (Lipinski definition) is 3. The molecule has 1 aliphatic rings. The number of anilines is 1. The minimum Gasteiger partial charge on any atom is -0.369 e. The average Bonchev–Trinajstić information content (AvgIpc) is 2.30. The van der Waals surface area contributed by atoms with Crippen molar-refractivity contribution < 1.29 is 4.79 Å². The third-order valence-electron chi connectivity index (χ3n) is 2.79. The fraction of sp³-hybridized carbons (Fsp3) is 0.500. The van der Waals surface area contributed by atoms with Crippen LogP contribution in [0, 0.1) is 6.20 Å². The fourth-order valence-corrected chi connectivity index (χ4v) is 1.99. The maximum atomic E-state index is 11.4. The number of nitrogens with zero attached hydrogens (tertiary/aromatic N) is 2. The summed E-state index contributed by atoms with van der Waals surface area (Å²) in [6.07, 6.45) is 8.25. The van der Waals surface area contributed by atoms with E-state index in [1.807, 2.05) is 0 Å². The van der Waals surface area contributed by atoms with Crippen LogP contribution in [0.25, 0.3) is 0 Å². The molecule has 79 valence electrons. The lowest BCUT2D eigenvalue weighted by atomic mass is 10.1. The van der Waals surface area contributed by atoms with Crippen LogP contribution in [0.1, 0.15) is 36.5 Å². The molecular weight excluding hydrogens is 188 g/mol. The summed E-state index contributed by atoms with van der Waals surface area (Å²) in [5.74, 6) is 0.0919. The molecule has 0 amide bonds. The number of Topliss-reactive ketones (excluding diaryl/α,β-unsaturated/α-hetero) is 1. The molecular formula is C12H15N2O. The van der Waals surface area contributed by atoms with Gasteiger partial charge in [-0.15, -0.1) is 0 Å². The highest BCUT2D eigenvalue weighted by atomic mass is 16.1. The zero-order valence-electron chi connectivity index (χ0n) is 8.99. The predicted molar refractivity (Wildman–Crippen MR) is 59.1 cm³/mol. The smallest absolute Gasteiger partial charge is 0.162 e. The zero-order chi connectivity index (χ0) is 10.7. The number of rotatable bonds is 2. The van der Waals surface area contributed by atoms with Crippen molar-refractivity contribution in [2.45, 2.75) is 26.2 Å². The van der Waals surface area contributed by atoms with E-state index in [1.54, 1.807) is 19.2 Å². The van der Waals surface area contributed by atoms with Crippen molar-refractivity contribution in [3.8, 4) is 0 Å². The molecule has 0 saturated carbocycles. The summed E-state index contributed by atoms with van der Waals surface area (Å²) in [5.41, 5.74) is 1.62. The SMILES string of the molecule is CC(=O)c1ccn[c]c1N1CCCCC1. The molecule has 15 heavy (non-hydrogen) atoms. The summed E-state index contributed by atoms with van der Waals surface area (Å²) < 4.78 is 0. The van der Waals surface area contributed by atoms with Gasteiger partial charge in [-0.1, -0.05) is 0 Å². The van der Waals surface area contributed by atoms with E-state index in [0.29, 0.717) is 0 Å². The van der Waals surface area contributed by atoms with Crippen molar-refractivity contribution in [2.75, 3.05) is 18.0 Å². The van der Waals surface area contributed by atoms with Crippen LogP contribution in [-0.4, -0.2) is 23.9 Å². The van der Waals surface area contributed by atoms with Gasteiger partial charge < -0.3 is 4.90 Å². The van der Waals surface area contributed by atoms with E-state index in [4.69, 9.17) is 0 Å². The second kappa shape index (κ2) is 4.43.